The van der Waals surface area contributed by atoms with E-state index in [1.165, 1.54) is 0 Å². The maximum Gasteiger partial charge on any atom is 0.335 e. The number of hydrogen-bond acceptors (Lipinski definition) is 4. The lowest BCUT2D eigenvalue weighted by Crippen LogP contribution is -2.28. The Morgan fingerprint density at radius 1 is 1.47 bits per heavy atom. The van der Waals surface area contributed by atoms with Crippen LogP contribution in [0.4, 0.5) is 4.39 Å². The van der Waals surface area contributed by atoms with Crippen LogP contribution < -0.4 is 4.72 Å². The molecule has 2 N–H and O–H groups in total. The van der Waals surface area contributed by atoms with Gasteiger partial charge in [-0.15, -0.1) is 0 Å². The molecule has 0 amide bonds. The van der Waals surface area contributed by atoms with Gasteiger partial charge in [0.15, 0.2) is 0 Å². The van der Waals surface area contributed by atoms with Gasteiger partial charge >= 0.3 is 5.97 Å². The fourth-order valence-electron chi connectivity index (χ4n) is 1.31. The van der Waals surface area contributed by atoms with Crippen LogP contribution in [0.1, 0.15) is 17.3 Å². The van der Waals surface area contributed by atoms with Crippen LogP contribution >= 0.6 is 0 Å². The van der Waals surface area contributed by atoms with Gasteiger partial charge in [-0.25, -0.2) is 22.3 Å². The third-order valence-corrected chi connectivity index (χ3v) is 3.69. The number of rotatable bonds is 7. The molecule has 0 aliphatic rings. The number of hydrogen-bond donors (Lipinski definition) is 2. The fraction of sp³-hybridized carbons (Fsp3) is 0.364. The van der Waals surface area contributed by atoms with Crippen LogP contribution in [0.25, 0.3) is 0 Å². The minimum Gasteiger partial charge on any atom is -0.478 e. The Morgan fingerprint density at radius 2 is 2.16 bits per heavy atom. The molecule has 106 valence electrons. The third kappa shape index (κ3) is 4.27. The standard InChI is InChI=1S/C11H14FNO5S/c1-2-18-6-5-13-19(16,17)10-7-8(11(14)15)3-4-9(10)12/h3-4,7,13H,2,5-6H2,1H3,(H,14,15). The van der Waals surface area contributed by atoms with Gasteiger partial charge in [0.2, 0.25) is 10.0 Å². The van der Waals surface area contributed by atoms with E-state index in [-0.39, 0.29) is 18.7 Å². The Morgan fingerprint density at radius 3 is 2.74 bits per heavy atom. The second-order valence-corrected chi connectivity index (χ2v) is 5.28. The van der Waals surface area contributed by atoms with E-state index in [1.54, 1.807) is 6.92 Å². The largest absolute Gasteiger partial charge is 0.478 e. The lowest BCUT2D eigenvalue weighted by Gasteiger charge is -2.08. The molecule has 1 aromatic carbocycles. The van der Waals surface area contributed by atoms with E-state index in [1.807, 2.05) is 0 Å². The zero-order valence-corrected chi connectivity index (χ0v) is 11.0. The molecule has 0 heterocycles. The van der Waals surface area contributed by atoms with Crippen LogP contribution in [0, 0.1) is 5.82 Å². The van der Waals surface area contributed by atoms with E-state index in [2.05, 4.69) is 4.72 Å². The van der Waals surface area contributed by atoms with E-state index in [4.69, 9.17) is 9.84 Å². The molecule has 6 nitrogen and oxygen atoms in total. The average Bonchev–Trinajstić information content (AvgIpc) is 2.34. The lowest BCUT2D eigenvalue weighted by atomic mass is 10.2. The van der Waals surface area contributed by atoms with Crippen molar-refractivity contribution < 1.29 is 27.4 Å². The van der Waals surface area contributed by atoms with Gasteiger partial charge in [-0.05, 0) is 25.1 Å². The Balaban J connectivity index is 2.94. The normalized spacial score (nSPS) is 11.5. The molecule has 0 spiro atoms. The zero-order chi connectivity index (χ0) is 14.5. The zero-order valence-electron chi connectivity index (χ0n) is 10.2. The van der Waals surface area contributed by atoms with Crippen LogP contribution in [0.2, 0.25) is 0 Å². The first-order chi connectivity index (χ1) is 8.88. The molecular weight excluding hydrogens is 277 g/mol. The van der Waals surface area contributed by atoms with Crippen LogP contribution in [-0.4, -0.2) is 39.3 Å². The van der Waals surface area contributed by atoms with Crippen LogP contribution in [0.3, 0.4) is 0 Å². The summed E-state index contributed by atoms with van der Waals surface area (Å²) in [5.74, 6) is -2.33. The number of benzene rings is 1. The molecule has 0 aliphatic carbocycles. The van der Waals surface area contributed by atoms with E-state index < -0.39 is 26.7 Å². The van der Waals surface area contributed by atoms with Gasteiger partial charge in [-0.3, -0.25) is 0 Å². The summed E-state index contributed by atoms with van der Waals surface area (Å²) in [6.45, 7) is 2.32. The summed E-state index contributed by atoms with van der Waals surface area (Å²) in [6.07, 6.45) is 0. The summed E-state index contributed by atoms with van der Waals surface area (Å²) in [5, 5.41) is 8.75. The van der Waals surface area contributed by atoms with Gasteiger partial charge in [-0.1, -0.05) is 0 Å². The molecule has 19 heavy (non-hydrogen) atoms. The number of aromatic carboxylic acids is 1. The molecular formula is C11H14FNO5S. The molecule has 0 radical (unpaired) electrons. The summed E-state index contributed by atoms with van der Waals surface area (Å²) in [4.78, 5) is 10.0. The number of carboxylic acid groups (broad SMARTS) is 1. The first-order valence-electron chi connectivity index (χ1n) is 5.48. The SMILES string of the molecule is CCOCCNS(=O)(=O)c1cc(C(=O)O)ccc1F. The van der Waals surface area contributed by atoms with Crippen molar-refractivity contribution in [3.63, 3.8) is 0 Å². The van der Waals surface area contributed by atoms with Crippen LogP contribution in [0.5, 0.6) is 0 Å². The molecule has 8 heteroatoms. The van der Waals surface area contributed by atoms with E-state index in [0.29, 0.717) is 6.61 Å². The van der Waals surface area contributed by atoms with E-state index >= 15 is 0 Å². The Bertz CT molecular complexity index is 558. The van der Waals surface area contributed by atoms with Gasteiger partial charge in [-0.2, -0.15) is 0 Å². The van der Waals surface area contributed by atoms with Crippen LogP contribution in [0.15, 0.2) is 23.1 Å². The van der Waals surface area contributed by atoms with Crippen molar-refractivity contribution in [3.05, 3.63) is 29.6 Å². The highest BCUT2D eigenvalue weighted by atomic mass is 32.2. The summed E-state index contributed by atoms with van der Waals surface area (Å²) in [6, 6.07) is 2.58. The molecule has 0 atom stereocenters. The van der Waals surface area contributed by atoms with Crippen molar-refractivity contribution in [3.8, 4) is 0 Å². The molecule has 0 saturated heterocycles. The highest BCUT2D eigenvalue weighted by Crippen LogP contribution is 2.16. The highest BCUT2D eigenvalue weighted by molar-refractivity contribution is 7.89. The molecule has 0 saturated carbocycles. The quantitative estimate of drug-likeness (QED) is 0.726. The molecule has 0 unspecified atom stereocenters. The number of sulfonamides is 1. The summed E-state index contributed by atoms with van der Waals surface area (Å²) in [7, 11) is -4.10. The van der Waals surface area contributed by atoms with Crippen molar-refractivity contribution in [2.45, 2.75) is 11.8 Å². The summed E-state index contributed by atoms with van der Waals surface area (Å²) < 4.78 is 44.1. The Labute approximate surface area is 110 Å². The number of ether oxygens (including phenoxy) is 1. The van der Waals surface area contributed by atoms with Gasteiger partial charge in [0.05, 0.1) is 12.2 Å². The molecule has 0 fully saturated rings. The number of halogens is 1. The predicted octanol–water partition coefficient (Wildman–Crippen LogP) is 0.839. The van der Waals surface area contributed by atoms with Crippen molar-refractivity contribution in [1.29, 1.82) is 0 Å². The van der Waals surface area contributed by atoms with Gasteiger partial charge in [0.25, 0.3) is 0 Å². The second-order valence-electron chi connectivity index (χ2n) is 3.55. The van der Waals surface area contributed by atoms with E-state index in [9.17, 15) is 17.6 Å². The van der Waals surface area contributed by atoms with Crippen molar-refractivity contribution in [2.75, 3.05) is 19.8 Å². The number of carboxylic acids is 1. The van der Waals surface area contributed by atoms with Crippen LogP contribution in [-0.2, 0) is 14.8 Å². The molecule has 0 aliphatic heterocycles. The molecule has 1 aromatic rings. The monoisotopic (exact) mass is 291 g/mol. The number of nitrogens with one attached hydrogen (secondary N) is 1. The molecule has 0 aromatic heterocycles. The smallest absolute Gasteiger partial charge is 0.335 e. The number of carbonyl (C=O) groups is 1. The minimum absolute atomic E-state index is 0.0209. The first-order valence-corrected chi connectivity index (χ1v) is 6.97. The Hall–Kier alpha value is -1.51. The summed E-state index contributed by atoms with van der Waals surface area (Å²) in [5.41, 5.74) is -0.299. The van der Waals surface area contributed by atoms with Gasteiger partial charge < -0.3 is 9.84 Å². The Kier molecular flexibility index (Phi) is 5.40. The molecule has 0 bridgehead atoms. The van der Waals surface area contributed by atoms with Crippen molar-refractivity contribution in [2.24, 2.45) is 0 Å². The van der Waals surface area contributed by atoms with Gasteiger partial charge in [0.1, 0.15) is 10.7 Å². The predicted molar refractivity (Wildman–Crippen MR) is 65.0 cm³/mol. The minimum atomic E-state index is -4.10. The summed E-state index contributed by atoms with van der Waals surface area (Å²) >= 11 is 0. The second kappa shape index (κ2) is 6.60. The highest BCUT2D eigenvalue weighted by Gasteiger charge is 2.20. The van der Waals surface area contributed by atoms with Crippen molar-refractivity contribution >= 4 is 16.0 Å². The fourth-order valence-corrected chi connectivity index (χ4v) is 2.43. The first kappa shape index (κ1) is 15.5. The van der Waals surface area contributed by atoms with Crippen molar-refractivity contribution in [1.82, 2.24) is 4.72 Å². The average molecular weight is 291 g/mol. The van der Waals surface area contributed by atoms with E-state index in [0.717, 1.165) is 18.2 Å². The maximum atomic E-state index is 13.5. The topological polar surface area (TPSA) is 92.7 Å². The third-order valence-electron chi connectivity index (χ3n) is 2.21. The van der Waals surface area contributed by atoms with Gasteiger partial charge in [0, 0.05) is 13.2 Å². The molecule has 1 rings (SSSR count). The maximum absolute atomic E-state index is 13.5. The lowest BCUT2D eigenvalue weighted by molar-refractivity contribution is 0.0696.